The van der Waals surface area contributed by atoms with Gasteiger partial charge in [-0.2, -0.15) is 10.2 Å². The van der Waals surface area contributed by atoms with Crippen LogP contribution in [0.2, 0.25) is 0 Å². The number of rotatable bonds is 7. The molecule has 0 unspecified atom stereocenters. The minimum absolute atomic E-state index is 0.339. The van der Waals surface area contributed by atoms with E-state index in [0.29, 0.717) is 40.3 Å². The fourth-order valence-corrected chi connectivity index (χ4v) is 5.49. The number of hydrogen-bond acceptors (Lipinski definition) is 7. The maximum atomic E-state index is 15.0. The molecule has 1 amide bonds. The molecule has 10 nitrogen and oxygen atoms in total. The van der Waals surface area contributed by atoms with Crippen molar-refractivity contribution in [3.63, 3.8) is 0 Å². The highest BCUT2D eigenvalue weighted by atomic mass is 19.1. The number of aryl methyl sites for hydroxylation is 2. The van der Waals surface area contributed by atoms with Crippen molar-refractivity contribution in [2.45, 2.75) is 13.5 Å². The molecule has 1 saturated heterocycles. The molecule has 4 N–H and O–H groups in total. The van der Waals surface area contributed by atoms with Crippen LogP contribution in [0, 0.1) is 12.7 Å². The molecule has 11 heteroatoms. The van der Waals surface area contributed by atoms with Gasteiger partial charge in [-0.05, 0) is 49.9 Å². The Labute approximate surface area is 237 Å². The van der Waals surface area contributed by atoms with Gasteiger partial charge in [-0.25, -0.2) is 4.39 Å². The molecule has 1 fully saturated rings. The predicted octanol–water partition coefficient (Wildman–Crippen LogP) is 3.94. The smallest absolute Gasteiger partial charge is 0.250 e. The molecular weight excluding hydrogens is 521 g/mol. The highest BCUT2D eigenvalue weighted by Gasteiger charge is 2.27. The molecule has 0 aliphatic carbocycles. The number of pyridine rings is 1. The number of benzene rings is 2. The SMILES string of the molecule is Cc1cccc(F)c1-c1cc2c(-c3c(N4CCN(C)CC4)ccc(C(N)=O)c3NCc3ccnn3C)n[nH]c2cn1. The van der Waals surface area contributed by atoms with Crippen molar-refractivity contribution in [3.8, 4) is 22.5 Å². The molecule has 210 valence electrons. The average Bonchev–Trinajstić information content (AvgIpc) is 3.57. The highest BCUT2D eigenvalue weighted by Crippen LogP contribution is 2.43. The monoisotopic (exact) mass is 553 g/mol. The van der Waals surface area contributed by atoms with Crippen molar-refractivity contribution in [3.05, 3.63) is 77.5 Å². The van der Waals surface area contributed by atoms with Gasteiger partial charge in [0.1, 0.15) is 11.5 Å². The number of nitrogens with two attached hydrogens (primary N) is 1. The van der Waals surface area contributed by atoms with Crippen molar-refractivity contribution < 1.29 is 9.18 Å². The lowest BCUT2D eigenvalue weighted by Gasteiger charge is -2.35. The van der Waals surface area contributed by atoms with Crippen molar-refractivity contribution in [2.75, 3.05) is 43.4 Å². The van der Waals surface area contributed by atoms with E-state index in [1.807, 2.05) is 38.2 Å². The average molecular weight is 554 g/mol. The second-order valence-electron chi connectivity index (χ2n) is 10.5. The molecule has 0 spiro atoms. The Kier molecular flexibility index (Phi) is 6.88. The van der Waals surface area contributed by atoms with Crippen LogP contribution in [-0.4, -0.2) is 69.0 Å². The number of primary amides is 1. The molecule has 1 aliphatic heterocycles. The topological polar surface area (TPSA) is 121 Å². The van der Waals surface area contributed by atoms with Crippen LogP contribution in [0.15, 0.2) is 54.9 Å². The number of halogens is 1. The number of H-pyrrole nitrogens is 1. The third-order valence-corrected chi connectivity index (χ3v) is 7.82. The van der Waals surface area contributed by atoms with Crippen LogP contribution < -0.4 is 16.0 Å². The first kappa shape index (κ1) is 26.5. The molecule has 0 bridgehead atoms. The minimum atomic E-state index is -0.548. The van der Waals surface area contributed by atoms with Crippen LogP contribution in [0.25, 0.3) is 33.4 Å². The molecule has 0 atom stereocenters. The number of amides is 1. The zero-order valence-electron chi connectivity index (χ0n) is 23.3. The number of hydrogen-bond donors (Lipinski definition) is 3. The fourth-order valence-electron chi connectivity index (χ4n) is 5.49. The maximum absolute atomic E-state index is 15.0. The Hall–Kier alpha value is -4.77. The number of anilines is 2. The summed E-state index contributed by atoms with van der Waals surface area (Å²) in [5.74, 6) is -0.887. The van der Waals surface area contributed by atoms with Gasteiger partial charge in [0.15, 0.2) is 0 Å². The highest BCUT2D eigenvalue weighted by molar-refractivity contribution is 6.08. The van der Waals surface area contributed by atoms with Gasteiger partial charge in [-0.15, -0.1) is 0 Å². The predicted molar refractivity (Wildman–Crippen MR) is 158 cm³/mol. The second-order valence-corrected chi connectivity index (χ2v) is 10.5. The van der Waals surface area contributed by atoms with E-state index in [1.165, 1.54) is 6.07 Å². The van der Waals surface area contributed by atoms with Crippen molar-refractivity contribution in [2.24, 2.45) is 12.8 Å². The molecule has 6 rings (SSSR count). The van der Waals surface area contributed by atoms with E-state index >= 15 is 0 Å². The summed E-state index contributed by atoms with van der Waals surface area (Å²) in [6, 6.07) is 12.5. The van der Waals surface area contributed by atoms with Crippen LogP contribution in [-0.2, 0) is 13.6 Å². The van der Waals surface area contributed by atoms with Crippen LogP contribution in [0.1, 0.15) is 21.6 Å². The van der Waals surface area contributed by atoms with Crippen LogP contribution >= 0.6 is 0 Å². The normalized spacial score (nSPS) is 14.1. The summed E-state index contributed by atoms with van der Waals surface area (Å²) in [5.41, 5.74) is 12.5. The van der Waals surface area contributed by atoms with Crippen LogP contribution in [0.5, 0.6) is 0 Å². The standard InChI is InChI=1S/C30H32FN9O/c1-18-5-4-6-22(31)26(18)23-15-21-24(17-33-23)36-37-29(21)27-25(40-13-11-38(2)12-14-40)8-7-20(30(32)41)28(27)34-16-19-9-10-35-39(19)3/h4-10,15,17,34H,11-14,16H2,1-3H3,(H2,32,41)(H,36,37). The van der Waals surface area contributed by atoms with Gasteiger partial charge in [0.2, 0.25) is 0 Å². The number of aromatic amines is 1. The summed E-state index contributed by atoms with van der Waals surface area (Å²) >= 11 is 0. The Morgan fingerprint density at radius 2 is 1.90 bits per heavy atom. The van der Waals surface area contributed by atoms with Gasteiger partial charge < -0.3 is 20.9 Å². The summed E-state index contributed by atoms with van der Waals surface area (Å²) < 4.78 is 16.7. The third kappa shape index (κ3) is 4.89. The van der Waals surface area contributed by atoms with E-state index in [1.54, 1.807) is 29.2 Å². The fraction of sp³-hybridized carbons (Fsp3) is 0.267. The summed E-state index contributed by atoms with van der Waals surface area (Å²) in [5, 5.41) is 16.3. The molecule has 1 aliphatic rings. The van der Waals surface area contributed by atoms with Crippen LogP contribution in [0.4, 0.5) is 15.8 Å². The number of carbonyl (C=O) groups excluding carboxylic acids is 1. The lowest BCUT2D eigenvalue weighted by Crippen LogP contribution is -2.44. The molecule has 0 radical (unpaired) electrons. The van der Waals surface area contributed by atoms with Gasteiger partial charge in [-0.3, -0.25) is 19.6 Å². The number of fused-ring (bicyclic) bond motifs is 1. The first-order valence-corrected chi connectivity index (χ1v) is 13.5. The van der Waals surface area contributed by atoms with E-state index in [9.17, 15) is 9.18 Å². The van der Waals surface area contributed by atoms with Crippen molar-refractivity contribution in [1.29, 1.82) is 0 Å². The van der Waals surface area contributed by atoms with Gasteiger partial charge in [0.25, 0.3) is 5.91 Å². The van der Waals surface area contributed by atoms with E-state index < -0.39 is 5.91 Å². The van der Waals surface area contributed by atoms with E-state index in [4.69, 9.17) is 10.8 Å². The zero-order valence-corrected chi connectivity index (χ0v) is 23.3. The Balaban J connectivity index is 1.57. The van der Waals surface area contributed by atoms with Crippen molar-refractivity contribution >= 4 is 28.2 Å². The summed E-state index contributed by atoms with van der Waals surface area (Å²) in [6.07, 6.45) is 3.40. The summed E-state index contributed by atoms with van der Waals surface area (Å²) in [4.78, 5) is 21.9. The maximum Gasteiger partial charge on any atom is 0.250 e. The van der Waals surface area contributed by atoms with E-state index in [0.717, 1.165) is 54.1 Å². The van der Waals surface area contributed by atoms with Gasteiger partial charge in [0.05, 0.1) is 46.5 Å². The second kappa shape index (κ2) is 10.7. The van der Waals surface area contributed by atoms with Gasteiger partial charge >= 0.3 is 0 Å². The number of nitrogens with zero attached hydrogens (tertiary/aromatic N) is 6. The number of likely N-dealkylation sites (N-methyl/N-ethyl adjacent to an activating group) is 1. The van der Waals surface area contributed by atoms with E-state index in [-0.39, 0.29) is 5.82 Å². The van der Waals surface area contributed by atoms with Gasteiger partial charge in [0, 0.05) is 56.1 Å². The molecule has 0 saturated carbocycles. The lowest BCUT2D eigenvalue weighted by molar-refractivity contribution is 0.100. The number of piperazine rings is 1. The number of nitrogens with one attached hydrogen (secondary N) is 2. The van der Waals surface area contributed by atoms with Crippen molar-refractivity contribution in [1.82, 2.24) is 29.9 Å². The molecule has 3 aromatic heterocycles. The molecular formula is C30H32FN9O. The summed E-state index contributed by atoms with van der Waals surface area (Å²) in [6.45, 7) is 5.70. The third-order valence-electron chi connectivity index (χ3n) is 7.82. The summed E-state index contributed by atoms with van der Waals surface area (Å²) in [7, 11) is 3.98. The molecule has 41 heavy (non-hydrogen) atoms. The van der Waals surface area contributed by atoms with E-state index in [2.05, 4.69) is 37.3 Å². The first-order chi connectivity index (χ1) is 19.8. The Morgan fingerprint density at radius 1 is 1.10 bits per heavy atom. The largest absolute Gasteiger partial charge is 0.378 e. The molecule has 4 heterocycles. The zero-order chi connectivity index (χ0) is 28.7. The molecule has 2 aromatic carbocycles. The number of aromatic nitrogens is 5. The van der Waals surface area contributed by atoms with Gasteiger partial charge in [-0.1, -0.05) is 12.1 Å². The first-order valence-electron chi connectivity index (χ1n) is 13.5. The number of carbonyl (C=O) groups is 1. The quantitative estimate of drug-likeness (QED) is 0.279. The molecule has 5 aromatic rings. The Bertz CT molecular complexity index is 1730. The van der Waals surface area contributed by atoms with Crippen LogP contribution in [0.3, 0.4) is 0 Å². The Morgan fingerprint density at radius 3 is 2.61 bits per heavy atom. The minimum Gasteiger partial charge on any atom is -0.378 e. The lowest BCUT2D eigenvalue weighted by atomic mass is 9.97.